The Bertz CT molecular complexity index is 922. The van der Waals surface area contributed by atoms with E-state index in [4.69, 9.17) is 9.47 Å². The second-order valence-corrected chi connectivity index (χ2v) is 7.98. The van der Waals surface area contributed by atoms with Gasteiger partial charge in [-0.05, 0) is 55.5 Å². The Morgan fingerprint density at radius 3 is 2.45 bits per heavy atom. The fraction of sp³-hybridized carbons (Fsp3) is 0.480. The normalized spacial score (nSPS) is 15.6. The van der Waals surface area contributed by atoms with Crippen LogP contribution in [0.1, 0.15) is 59.4 Å². The van der Waals surface area contributed by atoms with E-state index >= 15 is 0 Å². The first-order chi connectivity index (χ1) is 14.8. The number of nitrogens with zero attached hydrogens (tertiary/aromatic N) is 2. The molecule has 0 saturated carbocycles. The summed E-state index contributed by atoms with van der Waals surface area (Å²) >= 11 is 0. The lowest BCUT2D eigenvalue weighted by Gasteiger charge is -2.27. The van der Waals surface area contributed by atoms with Crippen molar-refractivity contribution in [3.63, 3.8) is 0 Å². The molecule has 0 spiro atoms. The number of nitriles is 1. The number of rotatable bonds is 10. The van der Waals surface area contributed by atoms with Gasteiger partial charge in [-0.2, -0.15) is 5.26 Å². The third-order valence-corrected chi connectivity index (χ3v) is 4.96. The molecule has 0 N–H and O–H groups in total. The molecule has 0 unspecified atom stereocenters. The summed E-state index contributed by atoms with van der Waals surface area (Å²) in [5.74, 6) is 0.749. The molecule has 0 atom stereocenters. The molecule has 0 fully saturated rings. The van der Waals surface area contributed by atoms with Gasteiger partial charge in [0.25, 0.3) is 11.8 Å². The van der Waals surface area contributed by atoms with E-state index in [9.17, 15) is 14.9 Å². The molecule has 6 nitrogen and oxygen atoms in total. The Hall–Kier alpha value is -3.07. The third-order valence-electron chi connectivity index (χ3n) is 4.96. The van der Waals surface area contributed by atoms with E-state index in [0.717, 1.165) is 24.8 Å². The zero-order valence-corrected chi connectivity index (χ0v) is 19.2. The SMILES string of the molecule is CCCCCN1C(=O)C(C#N)=C(C)/C(=C\c2ccc(OCC(C)C)c(OCC)c2)C1=O. The Morgan fingerprint density at radius 1 is 1.10 bits per heavy atom. The molecule has 0 aliphatic carbocycles. The highest BCUT2D eigenvalue weighted by atomic mass is 16.5. The number of hydrogen-bond acceptors (Lipinski definition) is 5. The molecule has 0 aromatic heterocycles. The van der Waals surface area contributed by atoms with Crippen LogP contribution >= 0.6 is 0 Å². The molecule has 6 heteroatoms. The molecule has 0 radical (unpaired) electrons. The molecule has 31 heavy (non-hydrogen) atoms. The van der Waals surface area contributed by atoms with Gasteiger partial charge in [0.05, 0.1) is 13.2 Å². The van der Waals surface area contributed by atoms with Crippen LogP contribution in [-0.2, 0) is 9.59 Å². The number of carbonyl (C=O) groups is 2. The zero-order chi connectivity index (χ0) is 23.0. The van der Waals surface area contributed by atoms with Crippen molar-refractivity contribution < 1.29 is 19.1 Å². The molecule has 1 aromatic carbocycles. The minimum absolute atomic E-state index is 0.0178. The molecule has 0 saturated heterocycles. The topological polar surface area (TPSA) is 79.6 Å². The Kier molecular flexibility index (Phi) is 8.87. The van der Waals surface area contributed by atoms with E-state index in [0.29, 0.717) is 48.3 Å². The van der Waals surface area contributed by atoms with Gasteiger partial charge in [0.1, 0.15) is 11.6 Å². The first kappa shape index (κ1) is 24.2. The number of imide groups is 1. The van der Waals surface area contributed by atoms with Gasteiger partial charge in [-0.15, -0.1) is 0 Å². The average Bonchev–Trinajstić information content (AvgIpc) is 2.73. The number of ether oxygens (including phenoxy) is 2. The zero-order valence-electron chi connectivity index (χ0n) is 19.2. The molecule has 2 rings (SSSR count). The highest BCUT2D eigenvalue weighted by molar-refractivity contribution is 6.19. The van der Waals surface area contributed by atoms with Crippen LogP contribution in [0.25, 0.3) is 6.08 Å². The Labute approximate surface area is 185 Å². The third kappa shape index (κ3) is 5.97. The molecule has 1 heterocycles. The predicted molar refractivity (Wildman–Crippen MR) is 120 cm³/mol. The minimum Gasteiger partial charge on any atom is -0.490 e. The lowest BCUT2D eigenvalue weighted by molar-refractivity contribution is -0.140. The molecule has 1 aliphatic rings. The second-order valence-electron chi connectivity index (χ2n) is 7.98. The van der Waals surface area contributed by atoms with Crippen LogP contribution in [0.5, 0.6) is 11.5 Å². The summed E-state index contributed by atoms with van der Waals surface area (Å²) in [6.45, 7) is 11.1. The first-order valence-corrected chi connectivity index (χ1v) is 10.9. The van der Waals surface area contributed by atoms with Crippen molar-refractivity contribution >= 4 is 17.9 Å². The van der Waals surface area contributed by atoms with Crippen molar-refractivity contribution in [3.8, 4) is 17.6 Å². The maximum absolute atomic E-state index is 13.1. The summed E-state index contributed by atoms with van der Waals surface area (Å²) in [6, 6.07) is 7.46. The van der Waals surface area contributed by atoms with Crippen molar-refractivity contribution in [2.75, 3.05) is 19.8 Å². The number of benzene rings is 1. The first-order valence-electron chi connectivity index (χ1n) is 10.9. The second kappa shape index (κ2) is 11.4. The van der Waals surface area contributed by atoms with Crippen LogP contribution in [-0.4, -0.2) is 36.5 Å². The largest absolute Gasteiger partial charge is 0.490 e. The van der Waals surface area contributed by atoms with Gasteiger partial charge in [-0.1, -0.05) is 39.7 Å². The van der Waals surface area contributed by atoms with Gasteiger partial charge in [-0.3, -0.25) is 14.5 Å². The van der Waals surface area contributed by atoms with E-state index in [2.05, 4.69) is 20.8 Å². The highest BCUT2D eigenvalue weighted by Crippen LogP contribution is 2.32. The fourth-order valence-corrected chi connectivity index (χ4v) is 3.28. The molecule has 166 valence electrons. The molecule has 1 aliphatic heterocycles. The molecule has 1 aromatic rings. The van der Waals surface area contributed by atoms with E-state index in [1.807, 2.05) is 31.2 Å². The van der Waals surface area contributed by atoms with E-state index < -0.39 is 5.91 Å². The summed E-state index contributed by atoms with van der Waals surface area (Å²) in [6.07, 6.45) is 4.32. The molecule has 0 bridgehead atoms. The summed E-state index contributed by atoms with van der Waals surface area (Å²) in [5, 5.41) is 9.52. The van der Waals surface area contributed by atoms with Gasteiger partial charge >= 0.3 is 0 Å². The number of amides is 2. The Balaban J connectivity index is 2.44. The standard InChI is InChI=1S/C25H32N2O4/c1-6-8-9-12-27-24(28)20(18(5)21(15-26)25(27)29)13-19-10-11-22(31-16-17(3)4)23(14-19)30-7-2/h10-11,13-14,17H,6-9,12,16H2,1-5H3/b20-13+. The molecule has 2 amide bonds. The average molecular weight is 425 g/mol. The minimum atomic E-state index is -0.509. The van der Waals surface area contributed by atoms with Crippen LogP contribution in [0.15, 0.2) is 34.9 Å². The van der Waals surface area contributed by atoms with Crippen molar-refractivity contribution in [3.05, 3.63) is 40.5 Å². The van der Waals surface area contributed by atoms with Gasteiger partial charge < -0.3 is 9.47 Å². The lowest BCUT2D eigenvalue weighted by Crippen LogP contribution is -2.43. The van der Waals surface area contributed by atoms with Gasteiger partial charge in [0.15, 0.2) is 11.5 Å². The van der Waals surface area contributed by atoms with Crippen LogP contribution in [0, 0.1) is 17.2 Å². The smallest absolute Gasteiger partial charge is 0.271 e. The number of carbonyl (C=O) groups excluding carboxylic acids is 2. The molecular weight excluding hydrogens is 392 g/mol. The van der Waals surface area contributed by atoms with Crippen molar-refractivity contribution in [1.29, 1.82) is 5.26 Å². The van der Waals surface area contributed by atoms with E-state index in [1.165, 1.54) is 4.90 Å². The summed E-state index contributed by atoms with van der Waals surface area (Å²) in [4.78, 5) is 26.9. The van der Waals surface area contributed by atoms with Crippen LogP contribution in [0.4, 0.5) is 0 Å². The van der Waals surface area contributed by atoms with Gasteiger partial charge in [-0.25, -0.2) is 0 Å². The fourth-order valence-electron chi connectivity index (χ4n) is 3.28. The lowest BCUT2D eigenvalue weighted by atomic mass is 9.93. The summed E-state index contributed by atoms with van der Waals surface area (Å²) in [7, 11) is 0. The van der Waals surface area contributed by atoms with Gasteiger partial charge in [0, 0.05) is 12.1 Å². The van der Waals surface area contributed by atoms with Crippen LogP contribution in [0.3, 0.4) is 0 Å². The summed E-state index contributed by atoms with van der Waals surface area (Å²) in [5.41, 5.74) is 1.51. The quantitative estimate of drug-likeness (QED) is 0.303. The van der Waals surface area contributed by atoms with E-state index in [1.54, 1.807) is 13.0 Å². The maximum Gasteiger partial charge on any atom is 0.271 e. The van der Waals surface area contributed by atoms with Crippen molar-refractivity contribution in [2.45, 2.75) is 53.9 Å². The summed E-state index contributed by atoms with van der Waals surface area (Å²) < 4.78 is 11.6. The van der Waals surface area contributed by atoms with Gasteiger partial charge in [0.2, 0.25) is 0 Å². The van der Waals surface area contributed by atoms with Crippen molar-refractivity contribution in [1.82, 2.24) is 4.90 Å². The molecular formula is C25H32N2O4. The maximum atomic E-state index is 13.1. The number of unbranched alkanes of at least 4 members (excludes halogenated alkanes) is 2. The monoisotopic (exact) mass is 424 g/mol. The Morgan fingerprint density at radius 2 is 1.84 bits per heavy atom. The number of hydrogen-bond donors (Lipinski definition) is 0. The van der Waals surface area contributed by atoms with Crippen LogP contribution < -0.4 is 9.47 Å². The van der Waals surface area contributed by atoms with Crippen molar-refractivity contribution in [2.24, 2.45) is 5.92 Å². The van der Waals surface area contributed by atoms with E-state index in [-0.39, 0.29) is 11.5 Å². The van der Waals surface area contributed by atoms with Crippen LogP contribution in [0.2, 0.25) is 0 Å². The predicted octanol–water partition coefficient (Wildman–Crippen LogP) is 4.90. The highest BCUT2D eigenvalue weighted by Gasteiger charge is 2.35.